The van der Waals surface area contributed by atoms with Crippen LogP contribution in [0.2, 0.25) is 0 Å². The molecule has 0 unspecified atom stereocenters. The van der Waals surface area contributed by atoms with Crippen LogP contribution in [-0.4, -0.2) is 29.0 Å². The summed E-state index contributed by atoms with van der Waals surface area (Å²) < 4.78 is 0. The number of aryl methyl sites for hydroxylation is 1. The molecule has 5 heteroatoms. The molecule has 5 nitrogen and oxygen atoms in total. The Bertz CT molecular complexity index is 584. The Morgan fingerprint density at radius 2 is 2.39 bits per heavy atom. The van der Waals surface area contributed by atoms with Gasteiger partial charge in [-0.25, -0.2) is 4.98 Å². The summed E-state index contributed by atoms with van der Waals surface area (Å²) in [5, 5.41) is 6.15. The monoisotopic (exact) mass is 244 g/mol. The van der Waals surface area contributed by atoms with E-state index in [1.807, 2.05) is 25.1 Å². The van der Waals surface area contributed by atoms with E-state index in [4.69, 9.17) is 0 Å². The molecule has 18 heavy (non-hydrogen) atoms. The fraction of sp³-hybridized carbons (Fsp3) is 0.385. The number of rotatable bonds is 2. The van der Waals surface area contributed by atoms with Crippen LogP contribution in [0.4, 0.5) is 5.69 Å². The molecule has 0 radical (unpaired) electrons. The summed E-state index contributed by atoms with van der Waals surface area (Å²) in [5.74, 6) is 1.06. The van der Waals surface area contributed by atoms with Crippen LogP contribution in [0.5, 0.6) is 0 Å². The van der Waals surface area contributed by atoms with Crippen molar-refractivity contribution in [2.24, 2.45) is 5.92 Å². The first-order valence-electron chi connectivity index (χ1n) is 6.20. The summed E-state index contributed by atoms with van der Waals surface area (Å²) in [4.78, 5) is 19.5. The molecule has 1 aliphatic heterocycles. The molecular weight excluding hydrogens is 228 g/mol. The van der Waals surface area contributed by atoms with Gasteiger partial charge in [0.05, 0.1) is 17.0 Å². The summed E-state index contributed by atoms with van der Waals surface area (Å²) in [6.45, 7) is 3.62. The van der Waals surface area contributed by atoms with Crippen LogP contribution in [0.1, 0.15) is 12.2 Å². The summed E-state index contributed by atoms with van der Waals surface area (Å²) in [6, 6.07) is 5.74. The van der Waals surface area contributed by atoms with Crippen LogP contribution >= 0.6 is 0 Å². The van der Waals surface area contributed by atoms with Gasteiger partial charge in [-0.2, -0.15) is 0 Å². The zero-order valence-electron chi connectivity index (χ0n) is 10.3. The minimum atomic E-state index is 0.0872. The molecule has 3 N–H and O–H groups in total. The van der Waals surface area contributed by atoms with Crippen molar-refractivity contribution in [2.45, 2.75) is 13.3 Å². The molecule has 94 valence electrons. The maximum atomic E-state index is 12.0. The van der Waals surface area contributed by atoms with Gasteiger partial charge in [-0.3, -0.25) is 4.79 Å². The van der Waals surface area contributed by atoms with Gasteiger partial charge in [-0.05, 0) is 38.1 Å². The predicted molar refractivity (Wildman–Crippen MR) is 70.4 cm³/mol. The van der Waals surface area contributed by atoms with Crippen molar-refractivity contribution in [3.05, 3.63) is 24.0 Å². The number of carbonyl (C=O) groups excluding carboxylic acids is 1. The number of imidazole rings is 1. The quantitative estimate of drug-likeness (QED) is 0.748. The van der Waals surface area contributed by atoms with E-state index >= 15 is 0 Å². The van der Waals surface area contributed by atoms with Crippen LogP contribution in [0, 0.1) is 12.8 Å². The first-order valence-corrected chi connectivity index (χ1v) is 6.20. The molecule has 1 aliphatic rings. The van der Waals surface area contributed by atoms with Crippen molar-refractivity contribution in [3.8, 4) is 0 Å². The first-order chi connectivity index (χ1) is 8.72. The molecule has 3 rings (SSSR count). The number of benzene rings is 1. The Labute approximate surface area is 105 Å². The Hall–Kier alpha value is -1.88. The van der Waals surface area contributed by atoms with Crippen molar-refractivity contribution in [1.29, 1.82) is 0 Å². The van der Waals surface area contributed by atoms with Gasteiger partial charge >= 0.3 is 0 Å². The number of H-pyrrole nitrogens is 1. The van der Waals surface area contributed by atoms with E-state index in [-0.39, 0.29) is 11.8 Å². The third-order valence-corrected chi connectivity index (χ3v) is 3.30. The van der Waals surface area contributed by atoms with Crippen LogP contribution in [-0.2, 0) is 4.79 Å². The lowest BCUT2D eigenvalue weighted by atomic mass is 10.1. The van der Waals surface area contributed by atoms with Gasteiger partial charge in [0.1, 0.15) is 5.82 Å². The molecule has 1 atom stereocenters. The van der Waals surface area contributed by atoms with Crippen LogP contribution in [0.25, 0.3) is 11.0 Å². The standard InChI is InChI=1S/C13H16N4O/c1-8-15-11-3-2-10(6-12(11)16-8)17-13(18)9-4-5-14-7-9/h2-3,6,9,14H,4-5,7H2,1H3,(H,15,16)(H,17,18)/t9-/m0/s1. The minimum absolute atomic E-state index is 0.0872. The Morgan fingerprint density at radius 1 is 1.50 bits per heavy atom. The number of hydrogen-bond donors (Lipinski definition) is 3. The maximum Gasteiger partial charge on any atom is 0.228 e. The SMILES string of the molecule is Cc1nc2ccc(NC(=O)[C@H]3CCNC3)cc2[nH]1. The zero-order valence-corrected chi connectivity index (χ0v) is 10.3. The topological polar surface area (TPSA) is 69.8 Å². The van der Waals surface area contributed by atoms with Gasteiger partial charge in [-0.15, -0.1) is 0 Å². The molecule has 0 aliphatic carbocycles. The highest BCUT2D eigenvalue weighted by Gasteiger charge is 2.22. The number of nitrogens with zero attached hydrogens (tertiary/aromatic N) is 1. The molecule has 1 saturated heterocycles. The number of hydrogen-bond acceptors (Lipinski definition) is 3. The summed E-state index contributed by atoms with van der Waals surface area (Å²) in [7, 11) is 0. The second-order valence-electron chi connectivity index (χ2n) is 4.73. The predicted octanol–water partition coefficient (Wildman–Crippen LogP) is 1.42. The van der Waals surface area contributed by atoms with Crippen LogP contribution in [0.3, 0.4) is 0 Å². The van der Waals surface area contributed by atoms with Crippen molar-refractivity contribution in [2.75, 3.05) is 18.4 Å². The Kier molecular flexibility index (Phi) is 2.76. The Morgan fingerprint density at radius 3 is 3.17 bits per heavy atom. The normalized spacial score (nSPS) is 19.3. The van der Waals surface area contributed by atoms with Crippen molar-refractivity contribution < 1.29 is 4.79 Å². The lowest BCUT2D eigenvalue weighted by Gasteiger charge is -2.09. The summed E-state index contributed by atoms with van der Waals surface area (Å²) in [6.07, 6.45) is 0.914. The van der Waals surface area contributed by atoms with E-state index in [1.54, 1.807) is 0 Å². The highest BCUT2D eigenvalue weighted by molar-refractivity contribution is 5.94. The van der Waals surface area contributed by atoms with Gasteiger partial charge in [-0.1, -0.05) is 0 Å². The molecule has 0 bridgehead atoms. The van der Waals surface area contributed by atoms with Gasteiger partial charge in [0.2, 0.25) is 5.91 Å². The van der Waals surface area contributed by atoms with Crippen molar-refractivity contribution >= 4 is 22.6 Å². The highest BCUT2D eigenvalue weighted by Crippen LogP contribution is 2.18. The molecule has 1 fully saturated rings. The number of fused-ring (bicyclic) bond motifs is 1. The molecule has 0 saturated carbocycles. The van der Waals surface area contributed by atoms with Crippen molar-refractivity contribution in [1.82, 2.24) is 15.3 Å². The third-order valence-electron chi connectivity index (χ3n) is 3.30. The second-order valence-corrected chi connectivity index (χ2v) is 4.73. The van der Waals surface area contributed by atoms with E-state index in [0.717, 1.165) is 42.1 Å². The molecule has 2 heterocycles. The summed E-state index contributed by atoms with van der Waals surface area (Å²) in [5.41, 5.74) is 2.70. The van der Waals surface area contributed by atoms with E-state index in [2.05, 4.69) is 20.6 Å². The number of aromatic amines is 1. The average Bonchev–Trinajstić information content (AvgIpc) is 2.95. The Balaban J connectivity index is 1.79. The van der Waals surface area contributed by atoms with E-state index in [1.165, 1.54) is 0 Å². The molecule has 2 aromatic rings. The molecule has 1 amide bonds. The number of amides is 1. The number of aromatic nitrogens is 2. The van der Waals surface area contributed by atoms with Crippen molar-refractivity contribution in [3.63, 3.8) is 0 Å². The molecule has 1 aromatic carbocycles. The van der Waals surface area contributed by atoms with Crippen LogP contribution in [0.15, 0.2) is 18.2 Å². The zero-order chi connectivity index (χ0) is 12.5. The second kappa shape index (κ2) is 4.42. The number of carbonyl (C=O) groups is 1. The van der Waals surface area contributed by atoms with Gasteiger partial charge in [0.25, 0.3) is 0 Å². The summed E-state index contributed by atoms with van der Waals surface area (Å²) >= 11 is 0. The lowest BCUT2D eigenvalue weighted by Crippen LogP contribution is -2.24. The van der Waals surface area contributed by atoms with E-state index in [0.29, 0.717) is 0 Å². The van der Waals surface area contributed by atoms with Crippen LogP contribution < -0.4 is 10.6 Å². The lowest BCUT2D eigenvalue weighted by molar-refractivity contribution is -0.119. The van der Waals surface area contributed by atoms with E-state index in [9.17, 15) is 4.79 Å². The average molecular weight is 244 g/mol. The highest BCUT2D eigenvalue weighted by atomic mass is 16.1. The number of anilines is 1. The molecule has 0 spiro atoms. The third kappa shape index (κ3) is 2.09. The largest absolute Gasteiger partial charge is 0.342 e. The van der Waals surface area contributed by atoms with Gasteiger partial charge in [0.15, 0.2) is 0 Å². The van der Waals surface area contributed by atoms with Gasteiger partial charge < -0.3 is 15.6 Å². The molecule has 1 aromatic heterocycles. The minimum Gasteiger partial charge on any atom is -0.342 e. The fourth-order valence-corrected chi connectivity index (χ4v) is 2.34. The first kappa shape index (κ1) is 11.2. The number of nitrogens with one attached hydrogen (secondary N) is 3. The fourth-order valence-electron chi connectivity index (χ4n) is 2.34. The van der Waals surface area contributed by atoms with E-state index < -0.39 is 0 Å². The maximum absolute atomic E-state index is 12.0. The smallest absolute Gasteiger partial charge is 0.228 e. The molecular formula is C13H16N4O. The van der Waals surface area contributed by atoms with Gasteiger partial charge in [0, 0.05) is 12.2 Å².